The van der Waals surface area contributed by atoms with Crippen LogP contribution in [0.4, 0.5) is 0 Å². The van der Waals surface area contributed by atoms with Crippen molar-refractivity contribution in [3.05, 3.63) is 119 Å². The highest BCUT2D eigenvalue weighted by Crippen LogP contribution is 2.70. The molecule has 2 N–H and O–H groups in total. The molecule has 1 saturated carbocycles. The average molecular weight is 569 g/mol. The fourth-order valence-corrected chi connectivity index (χ4v) is 6.61. The summed E-state index contributed by atoms with van der Waals surface area (Å²) in [6, 6.07) is 29.4. The van der Waals surface area contributed by atoms with E-state index in [0.29, 0.717) is 29.2 Å². The van der Waals surface area contributed by atoms with Gasteiger partial charge in [-0.15, -0.1) is 0 Å². The van der Waals surface area contributed by atoms with E-state index in [2.05, 4.69) is 0 Å². The van der Waals surface area contributed by atoms with Gasteiger partial charge in [-0.05, 0) is 28.8 Å². The van der Waals surface area contributed by atoms with E-state index in [1.807, 2.05) is 60.7 Å². The number of esters is 1. The molecule has 5 atom stereocenters. The van der Waals surface area contributed by atoms with Gasteiger partial charge in [-0.3, -0.25) is 4.79 Å². The minimum Gasteiger partial charge on any atom is -0.497 e. The number of carbonyl (C=O) groups is 1. The molecule has 8 heteroatoms. The Labute approximate surface area is 244 Å². The number of hydrogen-bond acceptors (Lipinski definition) is 8. The maximum atomic E-state index is 13.4. The number of fused-ring (bicyclic) bond motifs is 3. The number of aliphatic hydroxyl groups excluding tert-OH is 1. The number of rotatable bonds is 8. The molecule has 0 amide bonds. The highest BCUT2D eigenvalue weighted by Gasteiger charge is 2.78. The summed E-state index contributed by atoms with van der Waals surface area (Å²) in [6.45, 7) is 0.302. The second-order valence-electron chi connectivity index (χ2n) is 10.5. The standard InChI is InChI=1S/C34H32O8/c1-38-24-16-14-23(15-17-24)34-29(22-12-8-5-9-13-22)28(32(36)40-3)31(35)33(34,37)30-26(39-2)18-25(19-27(30)42-34)41-20-21-10-6-4-7-11-21/h4-19,28-29,31,35,37H,20H2,1-3H3/t28-,29+,31-,33-,34-/m0/s1. The first-order valence-electron chi connectivity index (χ1n) is 13.6. The zero-order valence-electron chi connectivity index (χ0n) is 23.5. The van der Waals surface area contributed by atoms with Crippen LogP contribution in [0.1, 0.15) is 28.2 Å². The molecule has 4 aromatic carbocycles. The SMILES string of the molecule is COC(=O)[C@H]1[C@@H](c2ccccc2)[C@]2(c3ccc(OC)cc3)Oc3cc(OCc4ccccc4)cc(OC)c3[C@]2(O)[C@H]1O. The van der Waals surface area contributed by atoms with Gasteiger partial charge in [0.15, 0.2) is 11.2 Å². The fraction of sp³-hybridized carbons (Fsp3) is 0.265. The van der Waals surface area contributed by atoms with Gasteiger partial charge in [-0.1, -0.05) is 72.8 Å². The maximum absolute atomic E-state index is 13.4. The summed E-state index contributed by atoms with van der Waals surface area (Å²) in [4.78, 5) is 13.4. The van der Waals surface area contributed by atoms with Gasteiger partial charge in [0.2, 0.25) is 0 Å². The third-order valence-corrected chi connectivity index (χ3v) is 8.44. The van der Waals surface area contributed by atoms with Crippen LogP contribution in [-0.2, 0) is 27.3 Å². The molecular weight excluding hydrogens is 536 g/mol. The average Bonchev–Trinajstić information content (AvgIpc) is 3.42. The molecule has 1 aliphatic carbocycles. The molecule has 0 radical (unpaired) electrons. The molecule has 216 valence electrons. The summed E-state index contributed by atoms with van der Waals surface area (Å²) >= 11 is 0. The Hall–Kier alpha value is -4.53. The molecule has 0 bridgehead atoms. The van der Waals surface area contributed by atoms with Crippen molar-refractivity contribution in [3.63, 3.8) is 0 Å². The fourth-order valence-electron chi connectivity index (χ4n) is 6.61. The lowest BCUT2D eigenvalue weighted by molar-refractivity contribution is -0.161. The Balaban J connectivity index is 1.58. The monoisotopic (exact) mass is 568 g/mol. The molecule has 0 unspecified atom stereocenters. The van der Waals surface area contributed by atoms with Crippen molar-refractivity contribution in [2.45, 2.75) is 29.8 Å². The molecule has 6 rings (SSSR count). The van der Waals surface area contributed by atoms with Crippen molar-refractivity contribution < 1.29 is 38.7 Å². The first-order valence-corrected chi connectivity index (χ1v) is 13.6. The molecule has 1 fully saturated rings. The summed E-state index contributed by atoms with van der Waals surface area (Å²) < 4.78 is 29.3. The Morgan fingerprint density at radius 2 is 1.52 bits per heavy atom. The Bertz CT molecular complexity index is 1570. The summed E-state index contributed by atoms with van der Waals surface area (Å²) in [5.74, 6) is -1.11. The Morgan fingerprint density at radius 1 is 0.857 bits per heavy atom. The van der Waals surface area contributed by atoms with E-state index >= 15 is 0 Å². The molecule has 2 aliphatic rings. The molecule has 0 spiro atoms. The van der Waals surface area contributed by atoms with Crippen LogP contribution in [0, 0.1) is 5.92 Å². The van der Waals surface area contributed by atoms with Crippen LogP contribution < -0.4 is 18.9 Å². The van der Waals surface area contributed by atoms with Crippen LogP contribution in [0.5, 0.6) is 23.0 Å². The van der Waals surface area contributed by atoms with Gasteiger partial charge in [0.05, 0.1) is 32.8 Å². The summed E-state index contributed by atoms with van der Waals surface area (Å²) in [5, 5.41) is 24.9. The Morgan fingerprint density at radius 3 is 2.14 bits per heavy atom. The first-order chi connectivity index (χ1) is 20.4. The van der Waals surface area contributed by atoms with Gasteiger partial charge >= 0.3 is 5.97 Å². The summed E-state index contributed by atoms with van der Waals surface area (Å²) in [7, 11) is 4.30. The number of carbonyl (C=O) groups excluding carboxylic acids is 1. The van der Waals surface area contributed by atoms with Crippen LogP contribution in [0.15, 0.2) is 97.1 Å². The van der Waals surface area contributed by atoms with E-state index < -0.39 is 35.1 Å². The lowest BCUT2D eigenvalue weighted by atomic mass is 9.70. The van der Waals surface area contributed by atoms with Gasteiger partial charge in [0, 0.05) is 18.1 Å². The van der Waals surface area contributed by atoms with E-state index in [-0.39, 0.29) is 17.1 Å². The smallest absolute Gasteiger partial charge is 0.312 e. The van der Waals surface area contributed by atoms with Crippen LogP contribution in [0.3, 0.4) is 0 Å². The molecule has 4 aromatic rings. The zero-order chi connectivity index (χ0) is 29.5. The number of methoxy groups -OCH3 is 3. The predicted molar refractivity (Wildman–Crippen MR) is 154 cm³/mol. The van der Waals surface area contributed by atoms with Crippen molar-refractivity contribution in [3.8, 4) is 23.0 Å². The van der Waals surface area contributed by atoms with Gasteiger partial charge in [-0.25, -0.2) is 0 Å². The van der Waals surface area contributed by atoms with Crippen molar-refractivity contribution in [1.82, 2.24) is 0 Å². The highest BCUT2D eigenvalue weighted by atomic mass is 16.6. The topological polar surface area (TPSA) is 104 Å². The number of ether oxygens (including phenoxy) is 5. The quantitative estimate of drug-likeness (QED) is 0.295. The van der Waals surface area contributed by atoms with E-state index in [1.54, 1.807) is 43.5 Å². The largest absolute Gasteiger partial charge is 0.497 e. The molecule has 1 heterocycles. The van der Waals surface area contributed by atoms with Crippen molar-refractivity contribution in [2.24, 2.45) is 5.92 Å². The molecular formula is C34H32O8. The van der Waals surface area contributed by atoms with Gasteiger partial charge in [-0.2, -0.15) is 0 Å². The molecule has 0 aromatic heterocycles. The van der Waals surface area contributed by atoms with Crippen molar-refractivity contribution in [2.75, 3.05) is 21.3 Å². The molecule has 1 aliphatic heterocycles. The lowest BCUT2D eigenvalue weighted by Crippen LogP contribution is -2.52. The molecule has 42 heavy (non-hydrogen) atoms. The number of benzene rings is 4. The lowest BCUT2D eigenvalue weighted by Gasteiger charge is -2.40. The van der Waals surface area contributed by atoms with Crippen LogP contribution in [-0.4, -0.2) is 43.6 Å². The van der Waals surface area contributed by atoms with Crippen LogP contribution in [0.2, 0.25) is 0 Å². The third-order valence-electron chi connectivity index (χ3n) is 8.44. The van der Waals surface area contributed by atoms with Gasteiger partial charge in [0.25, 0.3) is 0 Å². The number of hydrogen-bond donors (Lipinski definition) is 2. The minimum absolute atomic E-state index is 0.229. The number of aliphatic hydroxyl groups is 2. The van der Waals surface area contributed by atoms with Crippen LogP contribution in [0.25, 0.3) is 0 Å². The predicted octanol–water partition coefficient (Wildman–Crippen LogP) is 4.71. The zero-order valence-corrected chi connectivity index (χ0v) is 23.5. The van der Waals surface area contributed by atoms with Gasteiger partial charge < -0.3 is 33.9 Å². The Kier molecular flexibility index (Phi) is 7.04. The third kappa shape index (κ3) is 4.01. The molecule has 8 nitrogen and oxygen atoms in total. The van der Waals surface area contributed by atoms with E-state index in [9.17, 15) is 15.0 Å². The molecule has 0 saturated heterocycles. The van der Waals surface area contributed by atoms with Crippen LogP contribution >= 0.6 is 0 Å². The van der Waals surface area contributed by atoms with E-state index in [1.165, 1.54) is 14.2 Å². The summed E-state index contributed by atoms with van der Waals surface area (Å²) in [5.41, 5.74) is -1.36. The minimum atomic E-state index is -2.13. The first kappa shape index (κ1) is 27.6. The summed E-state index contributed by atoms with van der Waals surface area (Å²) in [6.07, 6.45) is -1.62. The second-order valence-corrected chi connectivity index (χ2v) is 10.5. The van der Waals surface area contributed by atoms with E-state index in [4.69, 9.17) is 23.7 Å². The van der Waals surface area contributed by atoms with Crippen molar-refractivity contribution >= 4 is 5.97 Å². The van der Waals surface area contributed by atoms with E-state index in [0.717, 1.165) is 5.56 Å². The second kappa shape index (κ2) is 10.7. The van der Waals surface area contributed by atoms with Crippen molar-refractivity contribution in [1.29, 1.82) is 0 Å². The maximum Gasteiger partial charge on any atom is 0.312 e. The normalized spacial score (nSPS) is 25.6. The van der Waals surface area contributed by atoms with Gasteiger partial charge in [0.1, 0.15) is 35.7 Å². The highest BCUT2D eigenvalue weighted by molar-refractivity contribution is 5.78.